The normalized spacial score (nSPS) is 39.2. The number of ether oxygens (including phenoxy) is 2. The van der Waals surface area contributed by atoms with Gasteiger partial charge in [-0.15, -0.1) is 0 Å². The zero-order chi connectivity index (χ0) is 58.6. The number of carbonyl (C=O) groups excluding carboxylic acids is 6. The van der Waals surface area contributed by atoms with E-state index in [4.69, 9.17) is 9.47 Å². The van der Waals surface area contributed by atoms with Crippen LogP contribution in [-0.4, -0.2) is 143 Å². The molecule has 0 aliphatic heterocycles. The number of fused-ring (bicyclic) bond motifs is 10. The molecule has 0 aromatic carbocycles. The van der Waals surface area contributed by atoms with E-state index in [0.717, 1.165) is 103 Å². The van der Waals surface area contributed by atoms with Gasteiger partial charge in [-0.2, -0.15) is 0 Å². The summed E-state index contributed by atoms with van der Waals surface area (Å²) in [5, 5.41) is 50.7. The van der Waals surface area contributed by atoms with Crippen LogP contribution in [0.3, 0.4) is 0 Å². The molecule has 8 aliphatic carbocycles. The van der Waals surface area contributed by atoms with Crippen molar-refractivity contribution in [1.82, 2.24) is 20.4 Å². The number of unbranched alkanes of at least 4 members (excludes halogenated alkanes) is 2. The summed E-state index contributed by atoms with van der Waals surface area (Å²) in [7, 11) is 0. The van der Waals surface area contributed by atoms with Crippen molar-refractivity contribution in [3.05, 3.63) is 0 Å². The summed E-state index contributed by atoms with van der Waals surface area (Å²) in [6, 6.07) is 0. The first kappa shape index (κ1) is 63.7. The molecule has 2 unspecified atom stereocenters. The molecule has 0 saturated heterocycles. The third-order valence-electron chi connectivity index (χ3n) is 24.8. The molecule has 8 rings (SSSR count). The van der Waals surface area contributed by atoms with Crippen LogP contribution in [-0.2, 0) is 38.2 Å². The van der Waals surface area contributed by atoms with E-state index >= 15 is 0 Å². The Hall–Kier alpha value is -3.34. The Morgan fingerprint density at radius 2 is 0.914 bits per heavy atom. The maximum absolute atomic E-state index is 14.3. The maximum atomic E-state index is 14.3. The van der Waals surface area contributed by atoms with Gasteiger partial charge in [-0.3, -0.25) is 28.8 Å². The molecule has 0 aromatic heterocycles. The number of aliphatic hydroxyl groups is 4. The van der Waals surface area contributed by atoms with Crippen LogP contribution in [0.4, 0.5) is 0 Å². The average molecular weight is 1140 g/mol. The third kappa shape index (κ3) is 13.4. The van der Waals surface area contributed by atoms with Crippen molar-refractivity contribution in [3.63, 3.8) is 0 Å². The van der Waals surface area contributed by atoms with Crippen LogP contribution in [0.25, 0.3) is 0 Å². The minimum absolute atomic E-state index is 0.149. The molecule has 460 valence electrons. The predicted octanol–water partition coefficient (Wildman–Crippen LogP) is 7.99. The van der Waals surface area contributed by atoms with Crippen molar-refractivity contribution in [1.29, 1.82) is 0 Å². The Morgan fingerprint density at radius 3 is 1.30 bits per heavy atom. The number of carbonyl (C=O) groups is 6. The van der Waals surface area contributed by atoms with E-state index in [-0.39, 0.29) is 135 Å². The summed E-state index contributed by atoms with van der Waals surface area (Å²) in [5.41, 5.74) is -0.194. The molecular formula is C65H108N4O12. The van der Waals surface area contributed by atoms with Crippen LogP contribution >= 0.6 is 0 Å². The standard InChI is InChI=1S/C65H108N4O12/c1-9-80-60(78)36-66-56(74)38-68(58(76)24-14-40(3)48-20-22-50-46-18-16-42-32-44(70)26-28-62(42,5)52(46)34-54(72)64(48,50)7)30-12-11-13-31-69(39-57(75)67-37-61(79)81-10-2)59(77)25-15-41(4)49-21-23-51-47-19-17-43-33-45(71)27-29-63(43,6)53(47)35-55(73)65(49,51)8/h40-55,70-73H,9-39H2,1-8H3,(H,66,74)(H,67,75)/t40-,41-,42-,43-,44-,45-,46+,47+,48?,49?,50+,51+,52+,53+,54+,55+,62+,63+,64-,65-/m1/s1. The monoisotopic (exact) mass is 1140 g/mol. The number of nitrogens with one attached hydrogen (secondary N) is 2. The van der Waals surface area contributed by atoms with Gasteiger partial charge in [0.25, 0.3) is 0 Å². The Kier molecular flexibility index (Phi) is 21.2. The molecule has 0 radical (unpaired) electrons. The van der Waals surface area contributed by atoms with Gasteiger partial charge in [0.05, 0.1) is 50.7 Å². The maximum Gasteiger partial charge on any atom is 0.325 e. The van der Waals surface area contributed by atoms with Gasteiger partial charge in [-0.05, 0) is 241 Å². The summed E-state index contributed by atoms with van der Waals surface area (Å²) in [6.45, 7) is 17.2. The highest BCUT2D eigenvalue weighted by atomic mass is 16.5. The summed E-state index contributed by atoms with van der Waals surface area (Å²) in [4.78, 5) is 82.7. The number of hydrogen-bond donors (Lipinski definition) is 6. The van der Waals surface area contributed by atoms with Crippen LogP contribution in [0.1, 0.15) is 203 Å². The first-order valence-electron chi connectivity index (χ1n) is 32.6. The molecule has 4 amide bonds. The van der Waals surface area contributed by atoms with Gasteiger partial charge in [-0.1, -0.05) is 41.5 Å². The molecule has 8 aliphatic rings. The quantitative estimate of drug-likeness (QED) is 0.0399. The van der Waals surface area contributed by atoms with E-state index in [0.29, 0.717) is 79.4 Å². The highest BCUT2D eigenvalue weighted by Crippen LogP contribution is 2.70. The molecule has 0 aromatic rings. The van der Waals surface area contributed by atoms with Crippen molar-refractivity contribution >= 4 is 35.6 Å². The second-order valence-corrected chi connectivity index (χ2v) is 28.7. The molecule has 6 N–H and O–H groups in total. The molecule has 8 fully saturated rings. The molecule has 16 heteroatoms. The lowest BCUT2D eigenvalue weighted by molar-refractivity contribution is -0.175. The smallest absolute Gasteiger partial charge is 0.325 e. The van der Waals surface area contributed by atoms with Crippen molar-refractivity contribution in [2.45, 2.75) is 227 Å². The fourth-order valence-corrected chi connectivity index (χ4v) is 20.3. The van der Waals surface area contributed by atoms with Gasteiger partial charge in [-0.25, -0.2) is 0 Å². The minimum atomic E-state index is -0.559. The van der Waals surface area contributed by atoms with Gasteiger partial charge in [0, 0.05) is 25.9 Å². The van der Waals surface area contributed by atoms with E-state index < -0.39 is 36.0 Å². The summed E-state index contributed by atoms with van der Waals surface area (Å²) in [5.74, 6) is 2.39. The van der Waals surface area contributed by atoms with Crippen LogP contribution < -0.4 is 10.6 Å². The predicted molar refractivity (Wildman–Crippen MR) is 308 cm³/mol. The molecule has 20 atom stereocenters. The summed E-state index contributed by atoms with van der Waals surface area (Å²) >= 11 is 0. The lowest BCUT2D eigenvalue weighted by Gasteiger charge is -2.62. The van der Waals surface area contributed by atoms with E-state index in [2.05, 4.69) is 52.2 Å². The summed E-state index contributed by atoms with van der Waals surface area (Å²) in [6.07, 6.45) is 17.9. The van der Waals surface area contributed by atoms with Gasteiger partial charge >= 0.3 is 11.9 Å². The first-order chi connectivity index (χ1) is 38.5. The lowest BCUT2D eigenvalue weighted by atomic mass is 9.43. The summed E-state index contributed by atoms with van der Waals surface area (Å²) < 4.78 is 10.0. The topological polar surface area (TPSA) is 232 Å². The van der Waals surface area contributed by atoms with Gasteiger partial charge in [0.2, 0.25) is 23.6 Å². The van der Waals surface area contributed by atoms with E-state index in [1.54, 1.807) is 23.6 Å². The Balaban J connectivity index is 0.864. The van der Waals surface area contributed by atoms with Gasteiger partial charge in [0.1, 0.15) is 13.1 Å². The zero-order valence-electron chi connectivity index (χ0n) is 51.1. The van der Waals surface area contributed by atoms with Crippen molar-refractivity contribution < 1.29 is 58.7 Å². The van der Waals surface area contributed by atoms with Crippen molar-refractivity contribution in [2.24, 2.45) is 92.7 Å². The highest BCUT2D eigenvalue weighted by molar-refractivity contribution is 5.88. The average Bonchev–Trinajstić information content (AvgIpc) is 4.03. The Labute approximate surface area is 485 Å². The highest BCUT2D eigenvalue weighted by Gasteiger charge is 2.65. The zero-order valence-corrected chi connectivity index (χ0v) is 51.1. The van der Waals surface area contributed by atoms with Crippen molar-refractivity contribution in [3.8, 4) is 0 Å². The third-order valence-corrected chi connectivity index (χ3v) is 24.8. The second kappa shape index (κ2) is 26.9. The van der Waals surface area contributed by atoms with Crippen molar-refractivity contribution in [2.75, 3.05) is 52.5 Å². The van der Waals surface area contributed by atoms with Crippen LogP contribution in [0.5, 0.6) is 0 Å². The molecule has 0 spiro atoms. The fraction of sp³-hybridized carbons (Fsp3) is 0.908. The van der Waals surface area contributed by atoms with Gasteiger partial charge < -0.3 is 50.3 Å². The first-order valence-corrected chi connectivity index (χ1v) is 32.6. The number of nitrogens with zero attached hydrogens (tertiary/aromatic N) is 2. The van der Waals surface area contributed by atoms with E-state index in [1.807, 2.05) is 0 Å². The molecule has 8 saturated carbocycles. The van der Waals surface area contributed by atoms with E-state index in [9.17, 15) is 49.2 Å². The largest absolute Gasteiger partial charge is 0.465 e. The minimum Gasteiger partial charge on any atom is -0.465 e. The Morgan fingerprint density at radius 1 is 0.519 bits per heavy atom. The van der Waals surface area contributed by atoms with Crippen LogP contribution in [0.2, 0.25) is 0 Å². The molecule has 0 bridgehead atoms. The number of hydrogen-bond acceptors (Lipinski definition) is 12. The second-order valence-electron chi connectivity index (χ2n) is 28.7. The Bertz CT molecular complexity index is 2050. The van der Waals surface area contributed by atoms with E-state index in [1.165, 1.54) is 0 Å². The molecular weight excluding hydrogens is 1030 g/mol. The number of esters is 2. The van der Waals surface area contributed by atoms with Crippen LogP contribution in [0.15, 0.2) is 0 Å². The number of rotatable bonds is 24. The fourth-order valence-electron chi connectivity index (χ4n) is 20.3. The lowest BCUT2D eigenvalue weighted by Crippen LogP contribution is -2.58. The molecule has 16 nitrogen and oxygen atoms in total. The van der Waals surface area contributed by atoms with Gasteiger partial charge in [0.15, 0.2) is 0 Å². The SMILES string of the molecule is CCOC(=O)CNC(=O)CN(CCCCCN(CC(=O)NCC(=O)OCC)C(=O)CC[C@@H](C)C1CC[C@H]2[C@@H]3CC[C@@H]4C[C@H](O)CC[C@]4(C)[C@H]3C[C@H](O)[C@]12C)C(=O)CC[C@@H](C)C1CC[C@H]2[C@@H]3CC[C@@H]4C[C@H](O)CC[C@]4(C)[C@H]3C[C@H](O)[C@]12C. The number of aliphatic hydroxyl groups excluding tert-OH is 4. The molecule has 0 heterocycles. The molecule has 81 heavy (non-hydrogen) atoms. The number of amides is 4. The van der Waals surface area contributed by atoms with Crippen LogP contribution in [0, 0.1) is 92.7 Å².